The van der Waals surface area contributed by atoms with Crippen LogP contribution in [0.15, 0.2) is 60.7 Å². The van der Waals surface area contributed by atoms with Crippen LogP contribution in [-0.2, 0) is 6.42 Å². The Bertz CT molecular complexity index is 1240. The van der Waals surface area contributed by atoms with Crippen LogP contribution in [0.1, 0.15) is 41.5 Å². The molecule has 1 heterocycles. The van der Waals surface area contributed by atoms with Crippen molar-refractivity contribution in [1.29, 1.82) is 0 Å². The lowest BCUT2D eigenvalue weighted by molar-refractivity contribution is 0.0697. The molecule has 0 radical (unpaired) electrons. The minimum Gasteiger partial charge on any atom is -0.506 e. The number of fused-ring (bicyclic) bond motifs is 1. The average Bonchev–Trinajstić information content (AvgIpc) is 3.12. The number of aromatic nitrogens is 2. The predicted octanol–water partition coefficient (Wildman–Crippen LogP) is 5.75. The van der Waals surface area contributed by atoms with Crippen LogP contribution in [0.25, 0.3) is 27.8 Å². The number of imidazole rings is 1. The van der Waals surface area contributed by atoms with Crippen molar-refractivity contribution in [3.63, 3.8) is 0 Å². The molecule has 0 aliphatic rings. The molecule has 0 atom stereocenters. The predicted molar refractivity (Wildman–Crippen MR) is 118 cm³/mol. The Morgan fingerprint density at radius 2 is 1.83 bits per heavy atom. The molecule has 2 N–H and O–H groups in total. The van der Waals surface area contributed by atoms with E-state index < -0.39 is 5.97 Å². The second kappa shape index (κ2) is 8.03. The summed E-state index contributed by atoms with van der Waals surface area (Å²) in [4.78, 5) is 16.4. The van der Waals surface area contributed by atoms with Crippen LogP contribution >= 0.6 is 0 Å². The van der Waals surface area contributed by atoms with Gasteiger partial charge in [0, 0.05) is 12.1 Å². The van der Waals surface area contributed by atoms with Gasteiger partial charge in [-0.25, -0.2) is 9.78 Å². The number of aromatic carboxylic acids is 1. The van der Waals surface area contributed by atoms with Gasteiger partial charge < -0.3 is 10.2 Å². The second-order valence-electron chi connectivity index (χ2n) is 7.46. The molecule has 5 heteroatoms. The molecule has 0 bridgehead atoms. The highest BCUT2D eigenvalue weighted by atomic mass is 16.4. The highest BCUT2D eigenvalue weighted by Gasteiger charge is 2.17. The van der Waals surface area contributed by atoms with E-state index in [1.165, 1.54) is 0 Å². The third-order valence-corrected chi connectivity index (χ3v) is 5.40. The number of hydrogen-bond acceptors (Lipinski definition) is 3. The van der Waals surface area contributed by atoms with Crippen molar-refractivity contribution in [1.82, 2.24) is 9.55 Å². The quantitative estimate of drug-likeness (QED) is 0.432. The van der Waals surface area contributed by atoms with Crippen LogP contribution in [-0.4, -0.2) is 25.7 Å². The molecule has 152 valence electrons. The van der Waals surface area contributed by atoms with Crippen molar-refractivity contribution in [3.8, 4) is 22.6 Å². The minimum atomic E-state index is -0.938. The molecule has 0 aliphatic heterocycles. The van der Waals surface area contributed by atoms with Gasteiger partial charge in [0.2, 0.25) is 0 Å². The van der Waals surface area contributed by atoms with Crippen LogP contribution in [0.5, 0.6) is 5.75 Å². The van der Waals surface area contributed by atoms with Crippen LogP contribution in [0.3, 0.4) is 0 Å². The lowest BCUT2D eigenvalue weighted by Crippen LogP contribution is -2.03. The molecule has 0 saturated heterocycles. The summed E-state index contributed by atoms with van der Waals surface area (Å²) < 4.78 is 2.09. The fraction of sp³-hybridized carbons (Fsp3) is 0.200. The Kier molecular flexibility index (Phi) is 5.27. The van der Waals surface area contributed by atoms with Crippen molar-refractivity contribution in [2.24, 2.45) is 0 Å². The molecule has 3 aromatic carbocycles. The van der Waals surface area contributed by atoms with Gasteiger partial charge in [0.25, 0.3) is 0 Å². The number of carbonyl (C=O) groups is 1. The van der Waals surface area contributed by atoms with E-state index in [0.717, 1.165) is 47.4 Å². The highest BCUT2D eigenvalue weighted by molar-refractivity contribution is 5.96. The Hall–Kier alpha value is -3.60. The summed E-state index contributed by atoms with van der Waals surface area (Å²) in [5.74, 6) is 0.145. The number of benzene rings is 3. The van der Waals surface area contributed by atoms with Gasteiger partial charge in [-0.2, -0.15) is 0 Å². The van der Waals surface area contributed by atoms with Crippen LogP contribution in [0.4, 0.5) is 0 Å². The van der Waals surface area contributed by atoms with E-state index in [2.05, 4.69) is 17.6 Å². The van der Waals surface area contributed by atoms with E-state index >= 15 is 0 Å². The van der Waals surface area contributed by atoms with E-state index in [1.807, 2.05) is 43.3 Å². The summed E-state index contributed by atoms with van der Waals surface area (Å²) >= 11 is 0. The summed E-state index contributed by atoms with van der Waals surface area (Å²) in [6.45, 7) is 4.13. The number of hydrogen-bond donors (Lipinski definition) is 2. The molecule has 0 spiro atoms. The molecule has 0 unspecified atom stereocenters. The fourth-order valence-corrected chi connectivity index (χ4v) is 3.92. The van der Waals surface area contributed by atoms with Crippen molar-refractivity contribution in [3.05, 3.63) is 77.6 Å². The third-order valence-electron chi connectivity index (χ3n) is 5.40. The van der Waals surface area contributed by atoms with Gasteiger partial charge in [0.1, 0.15) is 17.1 Å². The van der Waals surface area contributed by atoms with E-state index in [4.69, 9.17) is 4.98 Å². The van der Waals surface area contributed by atoms with Crippen molar-refractivity contribution in [2.45, 2.75) is 33.1 Å². The summed E-state index contributed by atoms with van der Waals surface area (Å²) in [6, 6.07) is 18.5. The number of carboxylic acids is 1. The molecule has 4 rings (SSSR count). The first-order chi connectivity index (χ1) is 14.5. The van der Waals surface area contributed by atoms with Crippen molar-refractivity contribution >= 4 is 17.0 Å². The number of unbranched alkanes of at least 4 members (excludes halogenated alkanes) is 1. The summed E-state index contributed by atoms with van der Waals surface area (Å²) in [5, 5.41) is 19.8. The smallest absolute Gasteiger partial charge is 0.336 e. The number of phenols is 1. The zero-order valence-corrected chi connectivity index (χ0v) is 17.1. The van der Waals surface area contributed by atoms with Gasteiger partial charge in [0.15, 0.2) is 0 Å². The zero-order valence-electron chi connectivity index (χ0n) is 17.1. The maximum atomic E-state index is 11.6. The molecule has 1 aromatic heterocycles. The van der Waals surface area contributed by atoms with Gasteiger partial charge >= 0.3 is 5.97 Å². The van der Waals surface area contributed by atoms with Gasteiger partial charge in [-0.3, -0.25) is 4.57 Å². The summed E-state index contributed by atoms with van der Waals surface area (Å²) in [6.07, 6.45) is 2.87. The first kappa shape index (κ1) is 19.7. The first-order valence-corrected chi connectivity index (χ1v) is 10.1. The topological polar surface area (TPSA) is 75.4 Å². The fourth-order valence-electron chi connectivity index (χ4n) is 3.92. The van der Waals surface area contributed by atoms with E-state index in [1.54, 1.807) is 18.2 Å². The first-order valence-electron chi connectivity index (χ1n) is 10.1. The number of carboxylic acid groups (broad SMARTS) is 1. The largest absolute Gasteiger partial charge is 0.506 e. The Balaban J connectivity index is 1.87. The summed E-state index contributed by atoms with van der Waals surface area (Å²) in [7, 11) is 0. The average molecular weight is 400 g/mol. The van der Waals surface area contributed by atoms with Crippen LogP contribution in [0, 0.1) is 6.92 Å². The number of aryl methyl sites for hydroxylation is 2. The Labute approximate surface area is 175 Å². The van der Waals surface area contributed by atoms with Gasteiger partial charge in [-0.05, 0) is 60.4 Å². The number of nitrogens with zero attached hydrogens (tertiary/aromatic N) is 2. The maximum Gasteiger partial charge on any atom is 0.336 e. The molecular formula is C25H24N2O3. The monoisotopic (exact) mass is 400 g/mol. The molecule has 30 heavy (non-hydrogen) atoms. The normalized spacial score (nSPS) is 11.1. The van der Waals surface area contributed by atoms with Crippen LogP contribution in [0.2, 0.25) is 0 Å². The number of rotatable bonds is 6. The number of phenolic OH excluding ortho intramolecular Hbond substituents is 1. The third kappa shape index (κ3) is 3.43. The SMILES string of the molecule is CCCCc1nc2c(O)cccc2n1-c1ccc(-c2ccccc2C(=O)O)c(C)c1. The highest BCUT2D eigenvalue weighted by Crippen LogP contribution is 2.32. The van der Waals surface area contributed by atoms with Crippen LogP contribution < -0.4 is 0 Å². The molecule has 0 saturated carbocycles. The van der Waals surface area contributed by atoms with Gasteiger partial charge in [0.05, 0.1) is 11.1 Å². The molecule has 0 fully saturated rings. The lowest BCUT2D eigenvalue weighted by atomic mass is 9.95. The molecule has 0 aliphatic carbocycles. The second-order valence-corrected chi connectivity index (χ2v) is 7.46. The van der Waals surface area contributed by atoms with E-state index in [-0.39, 0.29) is 11.3 Å². The van der Waals surface area contributed by atoms with Crippen molar-refractivity contribution < 1.29 is 15.0 Å². The lowest BCUT2D eigenvalue weighted by Gasteiger charge is -2.14. The summed E-state index contributed by atoms with van der Waals surface area (Å²) in [5.41, 5.74) is 5.26. The molecule has 5 nitrogen and oxygen atoms in total. The van der Waals surface area contributed by atoms with E-state index in [0.29, 0.717) is 11.1 Å². The minimum absolute atomic E-state index is 0.174. The zero-order chi connectivity index (χ0) is 21.3. The number of aromatic hydroxyl groups is 1. The molecular weight excluding hydrogens is 376 g/mol. The molecule has 0 amide bonds. The Morgan fingerprint density at radius 3 is 2.57 bits per heavy atom. The number of para-hydroxylation sites is 1. The van der Waals surface area contributed by atoms with Crippen molar-refractivity contribution in [2.75, 3.05) is 0 Å². The Morgan fingerprint density at radius 1 is 1.03 bits per heavy atom. The molecule has 4 aromatic rings. The maximum absolute atomic E-state index is 11.6. The standard InChI is InChI=1S/C25H24N2O3/c1-3-4-12-23-26-24-21(10-7-11-22(24)28)27(23)17-13-14-18(16(2)15-17)19-8-5-6-9-20(19)25(29)30/h5-11,13-15,28H,3-4,12H2,1-2H3,(H,29,30). The van der Waals surface area contributed by atoms with E-state index in [9.17, 15) is 15.0 Å². The van der Waals surface area contributed by atoms with Gasteiger partial charge in [-0.15, -0.1) is 0 Å². The van der Waals surface area contributed by atoms with Gasteiger partial charge in [-0.1, -0.05) is 43.7 Å².